The van der Waals surface area contributed by atoms with E-state index in [1.54, 1.807) is 0 Å². The summed E-state index contributed by atoms with van der Waals surface area (Å²) in [5.74, 6) is 1.48. The van der Waals surface area contributed by atoms with Crippen LogP contribution in [0, 0.1) is 0 Å². The van der Waals surface area contributed by atoms with Gasteiger partial charge in [0.1, 0.15) is 11.3 Å². The van der Waals surface area contributed by atoms with Crippen LogP contribution in [0.15, 0.2) is 59.0 Å². The van der Waals surface area contributed by atoms with Crippen LogP contribution in [0.25, 0.3) is 22.6 Å². The number of fused-ring (bicyclic) bond motifs is 2. The molecular weight excluding hydrogens is 256 g/mol. The molecule has 3 aromatic rings. The molecule has 4 rings (SSSR count). The molecule has 0 fully saturated rings. The quantitative estimate of drug-likeness (QED) is 0.582. The molecule has 1 aliphatic rings. The first kappa shape index (κ1) is 12.5. The molecule has 1 heteroatoms. The summed E-state index contributed by atoms with van der Waals surface area (Å²) in [7, 11) is 0. The predicted octanol–water partition coefficient (Wildman–Crippen LogP) is 5.87. The predicted molar refractivity (Wildman–Crippen MR) is 88.2 cm³/mol. The van der Waals surface area contributed by atoms with E-state index in [-0.39, 0.29) is 0 Å². The number of benzene rings is 2. The second-order valence-electron chi connectivity index (χ2n) is 5.72. The molecule has 1 heterocycles. The highest BCUT2D eigenvalue weighted by Crippen LogP contribution is 2.45. The molecule has 0 N–H and O–H groups in total. The summed E-state index contributed by atoms with van der Waals surface area (Å²) in [6.45, 7) is 2.25. The van der Waals surface area contributed by atoms with Crippen molar-refractivity contribution in [1.82, 2.24) is 0 Å². The maximum atomic E-state index is 6.09. The Morgan fingerprint density at radius 2 is 1.81 bits per heavy atom. The monoisotopic (exact) mass is 274 g/mol. The number of rotatable bonds is 3. The minimum absolute atomic E-state index is 0.465. The number of allylic oxidation sites excluding steroid dienone is 1. The van der Waals surface area contributed by atoms with Gasteiger partial charge in [0, 0.05) is 16.9 Å². The van der Waals surface area contributed by atoms with Gasteiger partial charge in [0.2, 0.25) is 0 Å². The topological polar surface area (TPSA) is 13.1 Å². The first-order valence-electron chi connectivity index (χ1n) is 7.66. The van der Waals surface area contributed by atoms with Crippen LogP contribution in [0.4, 0.5) is 0 Å². The molecule has 0 radical (unpaired) electrons. The Morgan fingerprint density at radius 3 is 2.67 bits per heavy atom. The number of para-hydroxylation sites is 1. The van der Waals surface area contributed by atoms with E-state index >= 15 is 0 Å². The van der Waals surface area contributed by atoms with Crippen molar-refractivity contribution >= 4 is 22.6 Å². The van der Waals surface area contributed by atoms with Gasteiger partial charge in [0.05, 0.1) is 0 Å². The molecule has 1 unspecified atom stereocenters. The van der Waals surface area contributed by atoms with Crippen molar-refractivity contribution < 1.29 is 4.42 Å². The third-order valence-electron chi connectivity index (χ3n) is 4.35. The Labute approximate surface area is 124 Å². The lowest BCUT2D eigenvalue weighted by Gasteiger charge is -2.14. The van der Waals surface area contributed by atoms with Gasteiger partial charge >= 0.3 is 0 Å². The molecule has 21 heavy (non-hydrogen) atoms. The van der Waals surface area contributed by atoms with E-state index in [9.17, 15) is 0 Å². The molecule has 1 aromatic heterocycles. The van der Waals surface area contributed by atoms with E-state index in [1.807, 2.05) is 12.1 Å². The third kappa shape index (κ3) is 2.01. The standard InChI is InChI=1S/C20H18O/c1-2-7-17-16-10-5-3-8-14(16)12-18(17)20-13-15-9-4-6-11-19(15)21-20/h3-6,8-13,17H,2,7H2,1H3. The fourth-order valence-electron chi connectivity index (χ4n) is 3.36. The van der Waals surface area contributed by atoms with Crippen LogP contribution in [-0.4, -0.2) is 0 Å². The van der Waals surface area contributed by atoms with Gasteiger partial charge in [-0.3, -0.25) is 0 Å². The van der Waals surface area contributed by atoms with Crippen molar-refractivity contribution in [2.75, 3.05) is 0 Å². The maximum absolute atomic E-state index is 6.09. The van der Waals surface area contributed by atoms with Crippen LogP contribution in [0.2, 0.25) is 0 Å². The molecule has 1 atom stereocenters. The van der Waals surface area contributed by atoms with Crippen molar-refractivity contribution in [3.05, 3.63) is 71.5 Å². The maximum Gasteiger partial charge on any atom is 0.134 e. The molecule has 2 aromatic carbocycles. The van der Waals surface area contributed by atoms with Crippen LogP contribution in [0.1, 0.15) is 42.6 Å². The lowest BCUT2D eigenvalue weighted by Crippen LogP contribution is -1.97. The second kappa shape index (κ2) is 4.92. The van der Waals surface area contributed by atoms with Crippen LogP contribution in [-0.2, 0) is 0 Å². The minimum Gasteiger partial charge on any atom is -0.456 e. The average molecular weight is 274 g/mol. The summed E-state index contributed by atoms with van der Waals surface area (Å²) in [5.41, 5.74) is 5.08. The summed E-state index contributed by atoms with van der Waals surface area (Å²) in [4.78, 5) is 0. The normalized spacial score (nSPS) is 17.0. The highest BCUT2D eigenvalue weighted by Gasteiger charge is 2.27. The van der Waals surface area contributed by atoms with Gasteiger partial charge < -0.3 is 4.42 Å². The molecule has 0 amide bonds. The Morgan fingerprint density at radius 1 is 1.00 bits per heavy atom. The SMILES string of the molecule is CCCC1C(c2cc3ccccc3o2)=Cc2ccccc21. The fourth-order valence-corrected chi connectivity index (χ4v) is 3.36. The van der Waals surface area contributed by atoms with Gasteiger partial charge in [0.25, 0.3) is 0 Å². The zero-order chi connectivity index (χ0) is 14.2. The summed E-state index contributed by atoms with van der Waals surface area (Å²) in [6.07, 6.45) is 4.64. The van der Waals surface area contributed by atoms with E-state index in [1.165, 1.54) is 34.9 Å². The molecule has 1 nitrogen and oxygen atoms in total. The van der Waals surface area contributed by atoms with Crippen molar-refractivity contribution in [2.45, 2.75) is 25.7 Å². The zero-order valence-corrected chi connectivity index (χ0v) is 12.2. The Hall–Kier alpha value is -2.28. The Kier molecular flexibility index (Phi) is 2.92. The summed E-state index contributed by atoms with van der Waals surface area (Å²) < 4.78 is 6.09. The van der Waals surface area contributed by atoms with E-state index in [4.69, 9.17) is 4.42 Å². The van der Waals surface area contributed by atoms with Crippen molar-refractivity contribution in [1.29, 1.82) is 0 Å². The Balaban J connectivity index is 1.83. The molecular formula is C20H18O. The smallest absolute Gasteiger partial charge is 0.134 e. The number of furan rings is 1. The lowest BCUT2D eigenvalue weighted by molar-refractivity contribution is 0.589. The van der Waals surface area contributed by atoms with Crippen LogP contribution in [0.5, 0.6) is 0 Å². The van der Waals surface area contributed by atoms with Crippen molar-refractivity contribution in [3.63, 3.8) is 0 Å². The molecule has 0 saturated heterocycles. The summed E-state index contributed by atoms with van der Waals surface area (Å²) in [6, 6.07) is 19.1. The van der Waals surface area contributed by atoms with Gasteiger partial charge in [-0.15, -0.1) is 0 Å². The molecule has 0 saturated carbocycles. The van der Waals surface area contributed by atoms with Gasteiger partial charge in [-0.2, -0.15) is 0 Å². The molecule has 1 aliphatic carbocycles. The zero-order valence-electron chi connectivity index (χ0n) is 12.2. The first-order valence-corrected chi connectivity index (χ1v) is 7.66. The van der Waals surface area contributed by atoms with Crippen molar-refractivity contribution in [2.24, 2.45) is 0 Å². The molecule has 104 valence electrons. The Bertz CT molecular complexity index is 789. The van der Waals surface area contributed by atoms with Gasteiger partial charge in [0.15, 0.2) is 0 Å². The third-order valence-corrected chi connectivity index (χ3v) is 4.35. The molecule has 0 aliphatic heterocycles. The fraction of sp³-hybridized carbons (Fsp3) is 0.200. The van der Waals surface area contributed by atoms with Crippen LogP contribution >= 0.6 is 0 Å². The largest absolute Gasteiger partial charge is 0.456 e. The first-order chi connectivity index (χ1) is 10.4. The molecule has 0 bridgehead atoms. The van der Waals surface area contributed by atoms with Gasteiger partial charge in [-0.1, -0.05) is 55.8 Å². The van der Waals surface area contributed by atoms with Crippen LogP contribution in [0.3, 0.4) is 0 Å². The van der Waals surface area contributed by atoms with Crippen molar-refractivity contribution in [3.8, 4) is 0 Å². The summed E-state index contributed by atoms with van der Waals surface area (Å²) in [5, 5.41) is 1.18. The highest BCUT2D eigenvalue weighted by molar-refractivity contribution is 5.93. The van der Waals surface area contributed by atoms with E-state index in [2.05, 4.69) is 55.5 Å². The summed E-state index contributed by atoms with van der Waals surface area (Å²) >= 11 is 0. The van der Waals surface area contributed by atoms with E-state index < -0.39 is 0 Å². The van der Waals surface area contributed by atoms with E-state index in [0.717, 1.165) is 11.3 Å². The van der Waals surface area contributed by atoms with E-state index in [0.29, 0.717) is 5.92 Å². The number of hydrogen-bond acceptors (Lipinski definition) is 1. The van der Waals surface area contributed by atoms with Gasteiger partial charge in [-0.25, -0.2) is 0 Å². The minimum atomic E-state index is 0.465. The van der Waals surface area contributed by atoms with Crippen LogP contribution < -0.4 is 0 Å². The number of hydrogen-bond donors (Lipinski definition) is 0. The van der Waals surface area contributed by atoms with Gasteiger partial charge in [-0.05, 0) is 35.8 Å². The highest BCUT2D eigenvalue weighted by atomic mass is 16.3. The molecule has 0 spiro atoms. The second-order valence-corrected chi connectivity index (χ2v) is 5.72. The lowest BCUT2D eigenvalue weighted by atomic mass is 9.90. The average Bonchev–Trinajstić information content (AvgIpc) is 3.09.